The van der Waals surface area contributed by atoms with Crippen molar-refractivity contribution in [3.05, 3.63) is 176 Å². The molecule has 0 bridgehead atoms. The van der Waals surface area contributed by atoms with Crippen molar-refractivity contribution < 1.29 is 4.42 Å². The SMILES string of the molecule is c1ccc(-c2ccc(-c3c(N(c4ccccc4)c4ccc(-c5ccccc5)cc4)ccc4oc5ccccc5c34)cc2)cc1. The highest BCUT2D eigenvalue weighted by atomic mass is 16.3. The van der Waals surface area contributed by atoms with Crippen LogP contribution in [0.3, 0.4) is 0 Å². The van der Waals surface area contributed by atoms with Crippen LogP contribution in [0.2, 0.25) is 0 Å². The summed E-state index contributed by atoms with van der Waals surface area (Å²) in [6.45, 7) is 0. The quantitative estimate of drug-likeness (QED) is 0.200. The Labute approximate surface area is 257 Å². The van der Waals surface area contributed by atoms with Gasteiger partial charge < -0.3 is 9.32 Å². The molecule has 0 fully saturated rings. The van der Waals surface area contributed by atoms with Crippen LogP contribution in [-0.2, 0) is 0 Å². The van der Waals surface area contributed by atoms with Gasteiger partial charge in [0.2, 0.25) is 0 Å². The molecule has 0 spiro atoms. The lowest BCUT2D eigenvalue weighted by Gasteiger charge is -2.28. The van der Waals surface area contributed by atoms with Gasteiger partial charge in [-0.05, 0) is 70.3 Å². The van der Waals surface area contributed by atoms with Crippen molar-refractivity contribution in [1.82, 2.24) is 0 Å². The largest absolute Gasteiger partial charge is 0.456 e. The predicted octanol–water partition coefficient (Wildman–Crippen LogP) is 12.1. The smallest absolute Gasteiger partial charge is 0.136 e. The Morgan fingerprint density at radius 3 is 1.45 bits per heavy atom. The van der Waals surface area contributed by atoms with Crippen molar-refractivity contribution in [2.45, 2.75) is 0 Å². The van der Waals surface area contributed by atoms with Crippen molar-refractivity contribution in [3.8, 4) is 33.4 Å². The Kier molecular flexibility index (Phi) is 6.51. The Morgan fingerprint density at radius 2 is 0.818 bits per heavy atom. The van der Waals surface area contributed by atoms with Crippen molar-refractivity contribution in [3.63, 3.8) is 0 Å². The van der Waals surface area contributed by atoms with Crippen molar-refractivity contribution in [2.75, 3.05) is 4.90 Å². The van der Waals surface area contributed by atoms with Crippen LogP contribution in [0.1, 0.15) is 0 Å². The van der Waals surface area contributed by atoms with Crippen molar-refractivity contribution in [1.29, 1.82) is 0 Å². The van der Waals surface area contributed by atoms with Crippen molar-refractivity contribution in [2.24, 2.45) is 0 Å². The number of fused-ring (bicyclic) bond motifs is 3. The average Bonchev–Trinajstić information content (AvgIpc) is 3.49. The molecular formula is C42H29NO. The van der Waals surface area contributed by atoms with E-state index in [0.29, 0.717) is 0 Å². The molecule has 0 amide bonds. The summed E-state index contributed by atoms with van der Waals surface area (Å²) >= 11 is 0. The Hall–Kier alpha value is -5.86. The topological polar surface area (TPSA) is 16.4 Å². The van der Waals surface area contributed by atoms with Crippen LogP contribution in [0.15, 0.2) is 180 Å². The van der Waals surface area contributed by atoms with E-state index in [4.69, 9.17) is 4.42 Å². The molecule has 0 saturated carbocycles. The number of hydrogen-bond donors (Lipinski definition) is 0. The summed E-state index contributed by atoms with van der Waals surface area (Å²) in [6.07, 6.45) is 0. The standard InChI is InChI=1S/C42H29NO/c1-4-12-30(13-5-1)32-20-22-34(23-21-32)41-38(28-29-40-42(41)37-18-10-11-19-39(37)44-40)43(35-16-8-3-9-17-35)36-26-24-33(25-27-36)31-14-6-2-7-15-31/h1-29H. The number of anilines is 3. The van der Waals surface area contributed by atoms with Gasteiger partial charge in [-0.1, -0.05) is 133 Å². The maximum atomic E-state index is 6.40. The molecule has 8 aromatic rings. The maximum absolute atomic E-state index is 6.40. The third kappa shape index (κ3) is 4.63. The van der Waals surface area contributed by atoms with E-state index in [9.17, 15) is 0 Å². The van der Waals surface area contributed by atoms with E-state index < -0.39 is 0 Å². The second-order valence-corrected chi connectivity index (χ2v) is 11.0. The number of rotatable bonds is 6. The second-order valence-electron chi connectivity index (χ2n) is 11.0. The molecule has 8 rings (SSSR count). The molecule has 0 N–H and O–H groups in total. The molecule has 0 aliphatic rings. The van der Waals surface area contributed by atoms with E-state index in [0.717, 1.165) is 50.1 Å². The molecule has 0 atom stereocenters. The first-order valence-electron chi connectivity index (χ1n) is 14.9. The van der Waals surface area contributed by atoms with Gasteiger partial charge in [0.15, 0.2) is 0 Å². The van der Waals surface area contributed by atoms with Gasteiger partial charge in [0.1, 0.15) is 11.2 Å². The monoisotopic (exact) mass is 563 g/mol. The molecule has 208 valence electrons. The van der Waals surface area contributed by atoms with Crippen LogP contribution in [0.25, 0.3) is 55.3 Å². The fourth-order valence-corrected chi connectivity index (χ4v) is 6.18. The number of benzene rings is 7. The fourth-order valence-electron chi connectivity index (χ4n) is 6.18. The molecule has 0 saturated heterocycles. The summed E-state index contributed by atoms with van der Waals surface area (Å²) in [6, 6.07) is 62.1. The van der Waals surface area contributed by atoms with Crippen molar-refractivity contribution >= 4 is 39.0 Å². The third-order valence-electron chi connectivity index (χ3n) is 8.29. The van der Waals surface area contributed by atoms with Crippen LogP contribution in [-0.4, -0.2) is 0 Å². The number of nitrogens with zero attached hydrogens (tertiary/aromatic N) is 1. The van der Waals surface area contributed by atoms with Gasteiger partial charge in [-0.2, -0.15) is 0 Å². The highest BCUT2D eigenvalue weighted by molar-refractivity contribution is 6.16. The van der Waals surface area contributed by atoms with Gasteiger partial charge in [-0.15, -0.1) is 0 Å². The molecule has 0 radical (unpaired) electrons. The summed E-state index contributed by atoms with van der Waals surface area (Å²) < 4.78 is 6.40. The Balaban J connectivity index is 1.36. The van der Waals surface area contributed by atoms with Gasteiger partial charge in [0.25, 0.3) is 0 Å². The molecule has 0 aliphatic carbocycles. The molecule has 2 heteroatoms. The molecule has 2 nitrogen and oxygen atoms in total. The molecule has 1 aromatic heterocycles. The molecule has 44 heavy (non-hydrogen) atoms. The normalized spacial score (nSPS) is 11.2. The van der Waals surface area contributed by atoms with E-state index in [2.05, 4.69) is 175 Å². The van der Waals surface area contributed by atoms with Crippen LogP contribution in [0.4, 0.5) is 17.1 Å². The summed E-state index contributed by atoms with van der Waals surface area (Å²) in [5.41, 5.74) is 12.1. The first kappa shape index (κ1) is 25.8. The summed E-state index contributed by atoms with van der Waals surface area (Å²) in [4.78, 5) is 2.36. The first-order chi connectivity index (χ1) is 21.8. The van der Waals surface area contributed by atoms with E-state index in [1.807, 2.05) is 6.07 Å². The lowest BCUT2D eigenvalue weighted by Crippen LogP contribution is -2.11. The molecular weight excluding hydrogens is 534 g/mol. The zero-order chi connectivity index (χ0) is 29.3. The average molecular weight is 564 g/mol. The molecule has 0 unspecified atom stereocenters. The number of para-hydroxylation sites is 2. The fraction of sp³-hybridized carbons (Fsp3) is 0. The third-order valence-corrected chi connectivity index (χ3v) is 8.29. The molecule has 1 heterocycles. The zero-order valence-corrected chi connectivity index (χ0v) is 24.1. The van der Waals surface area contributed by atoms with E-state index >= 15 is 0 Å². The lowest BCUT2D eigenvalue weighted by molar-refractivity contribution is 0.669. The number of hydrogen-bond acceptors (Lipinski definition) is 2. The van der Waals surface area contributed by atoms with E-state index in [1.54, 1.807) is 0 Å². The Morgan fingerprint density at radius 1 is 0.341 bits per heavy atom. The van der Waals surface area contributed by atoms with E-state index in [1.165, 1.54) is 22.3 Å². The van der Waals surface area contributed by atoms with Crippen LogP contribution < -0.4 is 4.90 Å². The summed E-state index contributed by atoms with van der Waals surface area (Å²) in [7, 11) is 0. The minimum atomic E-state index is 0.879. The summed E-state index contributed by atoms with van der Waals surface area (Å²) in [5, 5.41) is 2.23. The summed E-state index contributed by atoms with van der Waals surface area (Å²) in [5.74, 6) is 0. The second kappa shape index (κ2) is 11.1. The first-order valence-corrected chi connectivity index (χ1v) is 14.9. The van der Waals surface area contributed by atoms with E-state index in [-0.39, 0.29) is 0 Å². The minimum Gasteiger partial charge on any atom is -0.456 e. The Bertz CT molecular complexity index is 2180. The predicted molar refractivity (Wildman–Crippen MR) is 185 cm³/mol. The minimum absolute atomic E-state index is 0.879. The van der Waals surface area contributed by atoms with Crippen LogP contribution >= 0.6 is 0 Å². The van der Waals surface area contributed by atoms with Crippen LogP contribution in [0.5, 0.6) is 0 Å². The number of furan rings is 1. The zero-order valence-electron chi connectivity index (χ0n) is 24.1. The molecule has 0 aliphatic heterocycles. The van der Waals surface area contributed by atoms with Gasteiger partial charge in [0.05, 0.1) is 5.69 Å². The van der Waals surface area contributed by atoms with Gasteiger partial charge in [-0.3, -0.25) is 0 Å². The van der Waals surface area contributed by atoms with Gasteiger partial charge in [-0.25, -0.2) is 0 Å². The highest BCUT2D eigenvalue weighted by Gasteiger charge is 2.22. The lowest BCUT2D eigenvalue weighted by atomic mass is 9.94. The highest BCUT2D eigenvalue weighted by Crippen LogP contribution is 2.47. The van der Waals surface area contributed by atoms with Gasteiger partial charge in [0, 0.05) is 27.7 Å². The maximum Gasteiger partial charge on any atom is 0.136 e. The van der Waals surface area contributed by atoms with Crippen LogP contribution in [0, 0.1) is 0 Å². The van der Waals surface area contributed by atoms with Gasteiger partial charge >= 0.3 is 0 Å². The molecule has 7 aromatic carbocycles.